The first-order valence-corrected chi connectivity index (χ1v) is 10.8. The number of ether oxygens (including phenoxy) is 1. The Kier molecular flexibility index (Phi) is 7.94. The van der Waals surface area contributed by atoms with E-state index in [1.807, 2.05) is 49.1 Å². The maximum Gasteiger partial charge on any atom is 0.408 e. The van der Waals surface area contributed by atoms with Crippen molar-refractivity contribution in [2.24, 2.45) is 5.92 Å². The number of anilines is 2. The van der Waals surface area contributed by atoms with E-state index in [1.54, 1.807) is 18.2 Å². The second-order valence-electron chi connectivity index (χ2n) is 7.85. The molecule has 1 aliphatic heterocycles. The first kappa shape index (κ1) is 23.4. The van der Waals surface area contributed by atoms with Crippen LogP contribution in [0.15, 0.2) is 48.5 Å². The lowest BCUT2D eigenvalue weighted by molar-refractivity contribution is -0.120. The zero-order chi connectivity index (χ0) is 23.1. The first-order chi connectivity index (χ1) is 15.3. The molecule has 170 valence electrons. The molecule has 3 rings (SSSR count). The van der Waals surface area contributed by atoms with Crippen molar-refractivity contribution in [3.05, 3.63) is 59.1 Å². The summed E-state index contributed by atoms with van der Waals surface area (Å²) in [6.45, 7) is 5.22. The number of piperazine rings is 1. The molecule has 0 spiro atoms. The predicted octanol–water partition coefficient (Wildman–Crippen LogP) is 3.17. The van der Waals surface area contributed by atoms with Gasteiger partial charge in [0.25, 0.3) is 0 Å². The molecule has 1 atom stereocenters. The third kappa shape index (κ3) is 6.37. The summed E-state index contributed by atoms with van der Waals surface area (Å²) in [5.74, 6) is -0.603. The number of amides is 3. The summed E-state index contributed by atoms with van der Waals surface area (Å²) in [5, 5.41) is 8.62. The fraction of sp³-hybridized carbons (Fsp3) is 0.348. The second kappa shape index (κ2) is 10.9. The number of rotatable bonds is 7. The summed E-state index contributed by atoms with van der Waals surface area (Å²) in [6.07, 6.45) is -0.667. The van der Waals surface area contributed by atoms with Gasteiger partial charge in [0.15, 0.2) is 0 Å². The second-order valence-corrected chi connectivity index (χ2v) is 8.26. The minimum Gasteiger partial charge on any atom is -0.445 e. The van der Waals surface area contributed by atoms with Crippen LogP contribution in [0.5, 0.6) is 0 Å². The van der Waals surface area contributed by atoms with E-state index in [0.29, 0.717) is 23.8 Å². The van der Waals surface area contributed by atoms with Crippen LogP contribution in [0.4, 0.5) is 16.2 Å². The van der Waals surface area contributed by atoms with Gasteiger partial charge in [-0.3, -0.25) is 9.59 Å². The van der Waals surface area contributed by atoms with Gasteiger partial charge in [0.1, 0.15) is 12.6 Å². The summed E-state index contributed by atoms with van der Waals surface area (Å²) in [6, 6.07) is 13.6. The van der Waals surface area contributed by atoms with Crippen LogP contribution in [-0.4, -0.2) is 43.6 Å². The third-order valence-electron chi connectivity index (χ3n) is 5.03. The van der Waals surface area contributed by atoms with Crippen LogP contribution < -0.4 is 20.9 Å². The Morgan fingerprint density at radius 1 is 1.19 bits per heavy atom. The minimum absolute atomic E-state index is 0.0605. The van der Waals surface area contributed by atoms with Crippen LogP contribution in [-0.2, 0) is 20.9 Å². The molecular formula is C23H27ClN4O4. The standard InChI is InChI=1S/C23H27ClN4O4/c1-15(2)21(27-23(31)32-14-16-6-4-3-5-7-16)22(30)26-17-8-9-19(18(24)12-17)28-11-10-25-20(29)13-28/h3-9,12,15,21H,10-11,13-14H2,1-2H3,(H,25,29)(H,26,30)(H,27,31)/t21-/m0/s1. The summed E-state index contributed by atoms with van der Waals surface area (Å²) < 4.78 is 5.23. The molecule has 8 nitrogen and oxygen atoms in total. The number of halogens is 1. The maximum atomic E-state index is 12.8. The Morgan fingerprint density at radius 2 is 1.94 bits per heavy atom. The minimum atomic E-state index is -0.789. The van der Waals surface area contributed by atoms with Crippen LogP contribution in [0, 0.1) is 5.92 Å². The van der Waals surface area contributed by atoms with Gasteiger partial charge in [0, 0.05) is 18.8 Å². The molecule has 0 unspecified atom stereocenters. The summed E-state index contributed by atoms with van der Waals surface area (Å²) in [7, 11) is 0. The maximum absolute atomic E-state index is 12.8. The van der Waals surface area contributed by atoms with E-state index in [4.69, 9.17) is 16.3 Å². The SMILES string of the molecule is CC(C)[C@H](NC(=O)OCc1ccccc1)C(=O)Nc1ccc(N2CCNC(=O)C2)c(Cl)c1. The summed E-state index contributed by atoms with van der Waals surface area (Å²) >= 11 is 6.41. The molecule has 32 heavy (non-hydrogen) atoms. The lowest BCUT2D eigenvalue weighted by Crippen LogP contribution is -2.48. The van der Waals surface area contributed by atoms with Gasteiger partial charge in [0.2, 0.25) is 11.8 Å². The molecule has 1 saturated heterocycles. The first-order valence-electron chi connectivity index (χ1n) is 10.4. The molecule has 0 saturated carbocycles. The fourth-order valence-corrected chi connectivity index (χ4v) is 3.63. The van der Waals surface area contributed by atoms with Gasteiger partial charge in [-0.05, 0) is 29.7 Å². The Hall–Kier alpha value is -3.26. The molecule has 3 amide bonds. The van der Waals surface area contributed by atoms with Crippen molar-refractivity contribution in [1.29, 1.82) is 0 Å². The monoisotopic (exact) mass is 458 g/mol. The Bertz CT molecular complexity index is 968. The van der Waals surface area contributed by atoms with Gasteiger partial charge in [0.05, 0.1) is 17.3 Å². The van der Waals surface area contributed by atoms with Crippen molar-refractivity contribution in [3.8, 4) is 0 Å². The van der Waals surface area contributed by atoms with Crippen molar-refractivity contribution < 1.29 is 19.1 Å². The highest BCUT2D eigenvalue weighted by Crippen LogP contribution is 2.29. The van der Waals surface area contributed by atoms with Crippen LogP contribution in [0.3, 0.4) is 0 Å². The number of hydrogen-bond donors (Lipinski definition) is 3. The van der Waals surface area contributed by atoms with E-state index in [2.05, 4.69) is 16.0 Å². The highest BCUT2D eigenvalue weighted by atomic mass is 35.5. The molecule has 1 aliphatic rings. The third-order valence-corrected chi connectivity index (χ3v) is 5.33. The number of nitrogens with one attached hydrogen (secondary N) is 3. The topological polar surface area (TPSA) is 99.8 Å². The zero-order valence-electron chi connectivity index (χ0n) is 18.1. The quantitative estimate of drug-likeness (QED) is 0.591. The van der Waals surface area contributed by atoms with Gasteiger partial charge in [-0.1, -0.05) is 55.8 Å². The van der Waals surface area contributed by atoms with Crippen LogP contribution >= 0.6 is 11.6 Å². The molecule has 1 heterocycles. The number of hydrogen-bond acceptors (Lipinski definition) is 5. The van der Waals surface area contributed by atoms with E-state index in [-0.39, 0.29) is 30.9 Å². The molecule has 0 aromatic heterocycles. The summed E-state index contributed by atoms with van der Waals surface area (Å²) in [5.41, 5.74) is 2.08. The number of alkyl carbamates (subject to hydrolysis) is 1. The zero-order valence-corrected chi connectivity index (χ0v) is 18.8. The van der Waals surface area contributed by atoms with E-state index in [9.17, 15) is 14.4 Å². The van der Waals surface area contributed by atoms with Crippen LogP contribution in [0.2, 0.25) is 5.02 Å². The molecule has 0 aliphatic carbocycles. The molecule has 1 fully saturated rings. The van der Waals surface area contributed by atoms with E-state index >= 15 is 0 Å². The lowest BCUT2D eigenvalue weighted by atomic mass is 10.0. The fourth-order valence-electron chi connectivity index (χ4n) is 3.33. The number of carbonyl (C=O) groups is 3. The van der Waals surface area contributed by atoms with Crippen molar-refractivity contribution in [1.82, 2.24) is 10.6 Å². The number of carbonyl (C=O) groups excluding carboxylic acids is 3. The van der Waals surface area contributed by atoms with Crippen molar-refractivity contribution in [2.75, 3.05) is 29.9 Å². The average molecular weight is 459 g/mol. The molecule has 2 aromatic rings. The Balaban J connectivity index is 1.59. The van der Waals surface area contributed by atoms with E-state index < -0.39 is 12.1 Å². The Morgan fingerprint density at radius 3 is 2.59 bits per heavy atom. The molecule has 2 aromatic carbocycles. The van der Waals surface area contributed by atoms with Crippen LogP contribution in [0.25, 0.3) is 0 Å². The van der Waals surface area contributed by atoms with Gasteiger partial charge < -0.3 is 25.6 Å². The average Bonchev–Trinajstić information content (AvgIpc) is 2.76. The lowest BCUT2D eigenvalue weighted by Gasteiger charge is -2.29. The molecular weight excluding hydrogens is 432 g/mol. The van der Waals surface area contributed by atoms with Crippen molar-refractivity contribution in [2.45, 2.75) is 26.5 Å². The van der Waals surface area contributed by atoms with Gasteiger partial charge in [-0.15, -0.1) is 0 Å². The van der Waals surface area contributed by atoms with Crippen molar-refractivity contribution in [3.63, 3.8) is 0 Å². The Labute approximate surface area is 192 Å². The highest BCUT2D eigenvalue weighted by Gasteiger charge is 2.25. The normalized spacial score (nSPS) is 14.5. The summed E-state index contributed by atoms with van der Waals surface area (Å²) in [4.78, 5) is 38.5. The van der Waals surface area contributed by atoms with Gasteiger partial charge >= 0.3 is 6.09 Å². The number of nitrogens with zero attached hydrogens (tertiary/aromatic N) is 1. The van der Waals surface area contributed by atoms with E-state index in [1.165, 1.54) is 0 Å². The highest BCUT2D eigenvalue weighted by molar-refractivity contribution is 6.33. The smallest absolute Gasteiger partial charge is 0.408 e. The van der Waals surface area contributed by atoms with Crippen LogP contribution in [0.1, 0.15) is 19.4 Å². The molecule has 0 bridgehead atoms. The predicted molar refractivity (Wildman–Crippen MR) is 124 cm³/mol. The number of benzene rings is 2. The largest absolute Gasteiger partial charge is 0.445 e. The molecule has 0 radical (unpaired) electrons. The van der Waals surface area contributed by atoms with Gasteiger partial charge in [-0.2, -0.15) is 0 Å². The van der Waals surface area contributed by atoms with Crippen molar-refractivity contribution >= 4 is 40.9 Å². The van der Waals surface area contributed by atoms with E-state index in [0.717, 1.165) is 11.3 Å². The molecule has 3 N–H and O–H groups in total. The van der Waals surface area contributed by atoms with Gasteiger partial charge in [-0.25, -0.2) is 4.79 Å². The molecule has 9 heteroatoms.